The van der Waals surface area contributed by atoms with Crippen molar-refractivity contribution in [3.63, 3.8) is 0 Å². The first-order valence-electron chi connectivity index (χ1n) is 7.46. The molecule has 1 amide bonds. The molecule has 0 aliphatic rings. The van der Waals surface area contributed by atoms with Gasteiger partial charge in [0.05, 0.1) is 11.7 Å². The van der Waals surface area contributed by atoms with Crippen molar-refractivity contribution in [3.8, 4) is 5.95 Å². The molecular weight excluding hydrogens is 316 g/mol. The van der Waals surface area contributed by atoms with Gasteiger partial charge in [0.1, 0.15) is 5.82 Å². The lowest BCUT2D eigenvalue weighted by atomic mass is 10.1. The number of nitrogens with one attached hydrogen (secondary N) is 1. The lowest BCUT2D eigenvalue weighted by Gasteiger charge is -2.11. The highest BCUT2D eigenvalue weighted by Crippen LogP contribution is 2.20. The van der Waals surface area contributed by atoms with E-state index < -0.39 is 6.04 Å². The second-order valence-electron chi connectivity index (χ2n) is 5.45. The molecule has 23 heavy (non-hydrogen) atoms. The molecule has 0 radical (unpaired) electrons. The molecule has 2 aromatic rings. The Hall–Kier alpha value is -1.99. The number of carbonyl (C=O) groups excluding carboxylic acids is 1. The summed E-state index contributed by atoms with van der Waals surface area (Å²) in [4.78, 5) is 20.5. The van der Waals surface area contributed by atoms with Gasteiger partial charge in [0.25, 0.3) is 5.95 Å². The van der Waals surface area contributed by atoms with Gasteiger partial charge in [-0.25, -0.2) is 9.97 Å². The molecule has 0 fully saturated rings. The number of anilines is 1. The van der Waals surface area contributed by atoms with Gasteiger partial charge in [-0.2, -0.15) is 9.78 Å². The number of rotatable bonds is 6. The summed E-state index contributed by atoms with van der Waals surface area (Å²) in [6.07, 6.45) is 4.76. The molecule has 1 atom stereocenters. The third-order valence-corrected chi connectivity index (χ3v) is 3.25. The summed E-state index contributed by atoms with van der Waals surface area (Å²) in [6.45, 7) is 6.06. The van der Waals surface area contributed by atoms with Crippen LogP contribution < -0.4 is 11.1 Å². The average molecular weight is 339 g/mol. The SMILES string of the molecule is CCCC(N)C(=O)Nc1cc(C(C)C)nn1-c1ncccn1.Cl. The molecular formula is C15H23ClN6O. The lowest BCUT2D eigenvalue weighted by Crippen LogP contribution is -2.36. The molecule has 2 heterocycles. The topological polar surface area (TPSA) is 98.7 Å². The van der Waals surface area contributed by atoms with Crippen LogP contribution in [0.25, 0.3) is 5.95 Å². The van der Waals surface area contributed by atoms with Crippen LogP contribution >= 0.6 is 12.4 Å². The van der Waals surface area contributed by atoms with E-state index in [1.165, 1.54) is 4.68 Å². The molecule has 0 aromatic carbocycles. The second kappa shape index (κ2) is 8.59. The third-order valence-electron chi connectivity index (χ3n) is 3.25. The van der Waals surface area contributed by atoms with E-state index in [0.29, 0.717) is 18.2 Å². The number of aromatic nitrogens is 4. The van der Waals surface area contributed by atoms with E-state index >= 15 is 0 Å². The van der Waals surface area contributed by atoms with E-state index in [0.717, 1.165) is 12.1 Å². The molecule has 0 aliphatic heterocycles. The minimum absolute atomic E-state index is 0. The molecule has 2 aromatic heterocycles. The van der Waals surface area contributed by atoms with Crippen LogP contribution in [0.4, 0.5) is 5.82 Å². The van der Waals surface area contributed by atoms with E-state index in [1.807, 2.05) is 26.8 Å². The minimum Gasteiger partial charge on any atom is -0.320 e. The molecule has 126 valence electrons. The molecule has 7 nitrogen and oxygen atoms in total. The van der Waals surface area contributed by atoms with Crippen molar-refractivity contribution in [2.24, 2.45) is 5.73 Å². The summed E-state index contributed by atoms with van der Waals surface area (Å²) in [5.41, 5.74) is 6.71. The zero-order chi connectivity index (χ0) is 16.1. The summed E-state index contributed by atoms with van der Waals surface area (Å²) >= 11 is 0. The molecule has 2 rings (SSSR count). The van der Waals surface area contributed by atoms with Gasteiger partial charge in [-0.3, -0.25) is 4.79 Å². The Morgan fingerprint density at radius 3 is 2.57 bits per heavy atom. The highest BCUT2D eigenvalue weighted by molar-refractivity contribution is 5.94. The van der Waals surface area contributed by atoms with Crippen molar-refractivity contribution in [1.82, 2.24) is 19.7 Å². The van der Waals surface area contributed by atoms with Gasteiger partial charge in [-0.1, -0.05) is 27.2 Å². The zero-order valence-electron chi connectivity index (χ0n) is 13.6. The Kier molecular flexibility index (Phi) is 7.12. The molecule has 0 aliphatic carbocycles. The Morgan fingerprint density at radius 1 is 1.35 bits per heavy atom. The van der Waals surface area contributed by atoms with Crippen molar-refractivity contribution < 1.29 is 4.79 Å². The molecule has 0 spiro atoms. The Labute approximate surface area is 142 Å². The largest absolute Gasteiger partial charge is 0.320 e. The zero-order valence-corrected chi connectivity index (χ0v) is 14.4. The van der Waals surface area contributed by atoms with E-state index in [2.05, 4.69) is 20.4 Å². The van der Waals surface area contributed by atoms with Gasteiger partial charge in [0.2, 0.25) is 5.91 Å². The smallest absolute Gasteiger partial charge is 0.252 e. The van der Waals surface area contributed by atoms with Crippen LogP contribution in [-0.4, -0.2) is 31.7 Å². The minimum atomic E-state index is -0.535. The fourth-order valence-electron chi connectivity index (χ4n) is 1.98. The van der Waals surface area contributed by atoms with Gasteiger partial charge in [-0.15, -0.1) is 12.4 Å². The van der Waals surface area contributed by atoms with Crippen molar-refractivity contribution in [1.29, 1.82) is 0 Å². The Morgan fingerprint density at radius 2 is 2.00 bits per heavy atom. The number of nitrogens with zero attached hydrogens (tertiary/aromatic N) is 4. The van der Waals surface area contributed by atoms with Crippen LogP contribution in [-0.2, 0) is 4.79 Å². The number of nitrogens with two attached hydrogens (primary N) is 1. The van der Waals surface area contributed by atoms with E-state index in [9.17, 15) is 4.79 Å². The van der Waals surface area contributed by atoms with Crippen molar-refractivity contribution >= 4 is 24.1 Å². The predicted molar refractivity (Wildman–Crippen MR) is 92.0 cm³/mol. The molecule has 8 heteroatoms. The van der Waals surface area contributed by atoms with Crippen LogP contribution in [0.15, 0.2) is 24.5 Å². The third kappa shape index (κ3) is 4.74. The van der Waals surface area contributed by atoms with Crippen LogP contribution in [0, 0.1) is 0 Å². The first-order chi connectivity index (χ1) is 10.5. The van der Waals surface area contributed by atoms with E-state index in [-0.39, 0.29) is 24.2 Å². The molecule has 0 bridgehead atoms. The number of hydrogen-bond donors (Lipinski definition) is 2. The molecule has 0 saturated heterocycles. The fourth-order valence-corrected chi connectivity index (χ4v) is 1.98. The quantitative estimate of drug-likeness (QED) is 0.841. The van der Waals surface area contributed by atoms with Gasteiger partial charge in [-0.05, 0) is 18.4 Å². The van der Waals surface area contributed by atoms with Crippen LogP contribution in [0.3, 0.4) is 0 Å². The number of carbonyl (C=O) groups is 1. The Bertz CT molecular complexity index is 628. The first kappa shape index (κ1) is 19.1. The molecule has 3 N–H and O–H groups in total. The summed E-state index contributed by atoms with van der Waals surface area (Å²) in [5.74, 6) is 0.944. The maximum Gasteiger partial charge on any atom is 0.252 e. The predicted octanol–water partition coefficient (Wildman–Crippen LogP) is 2.27. The van der Waals surface area contributed by atoms with E-state index in [4.69, 9.17) is 5.73 Å². The maximum atomic E-state index is 12.1. The van der Waals surface area contributed by atoms with Crippen LogP contribution in [0.2, 0.25) is 0 Å². The second-order valence-corrected chi connectivity index (χ2v) is 5.45. The van der Waals surface area contributed by atoms with Crippen molar-refractivity contribution in [3.05, 3.63) is 30.2 Å². The number of halogens is 1. The number of hydrogen-bond acceptors (Lipinski definition) is 5. The lowest BCUT2D eigenvalue weighted by molar-refractivity contribution is -0.117. The van der Waals surface area contributed by atoms with Gasteiger partial charge in [0.15, 0.2) is 0 Å². The van der Waals surface area contributed by atoms with Gasteiger partial charge in [0, 0.05) is 18.5 Å². The normalized spacial score (nSPS) is 11.9. The van der Waals surface area contributed by atoms with Crippen LogP contribution in [0.5, 0.6) is 0 Å². The van der Waals surface area contributed by atoms with Crippen molar-refractivity contribution in [2.75, 3.05) is 5.32 Å². The van der Waals surface area contributed by atoms with Gasteiger partial charge >= 0.3 is 0 Å². The highest BCUT2D eigenvalue weighted by Gasteiger charge is 2.18. The molecule has 0 saturated carbocycles. The summed E-state index contributed by atoms with van der Waals surface area (Å²) < 4.78 is 1.53. The monoisotopic (exact) mass is 338 g/mol. The number of amides is 1. The van der Waals surface area contributed by atoms with E-state index in [1.54, 1.807) is 18.5 Å². The molecule has 1 unspecified atom stereocenters. The fraction of sp³-hybridized carbons (Fsp3) is 0.467. The van der Waals surface area contributed by atoms with Gasteiger partial charge < -0.3 is 11.1 Å². The van der Waals surface area contributed by atoms with Crippen LogP contribution in [0.1, 0.15) is 45.2 Å². The average Bonchev–Trinajstić information content (AvgIpc) is 2.92. The van der Waals surface area contributed by atoms with Crippen molar-refractivity contribution in [2.45, 2.75) is 45.6 Å². The highest BCUT2D eigenvalue weighted by atomic mass is 35.5. The summed E-state index contributed by atoms with van der Waals surface area (Å²) in [6, 6.07) is 3.02. The first-order valence-corrected chi connectivity index (χ1v) is 7.46. The summed E-state index contributed by atoms with van der Waals surface area (Å²) in [7, 11) is 0. The maximum absolute atomic E-state index is 12.1. The standard InChI is InChI=1S/C15H22N6O.ClH/c1-4-6-11(16)14(22)19-13-9-12(10(2)3)20-21(13)15-17-7-5-8-18-15;/h5,7-11H,4,6,16H2,1-3H3,(H,19,22);1H. The summed E-state index contributed by atoms with van der Waals surface area (Å²) in [5, 5.41) is 7.30. The Balaban J connectivity index is 0.00000264.